The van der Waals surface area contributed by atoms with E-state index in [9.17, 15) is 18.0 Å². The minimum atomic E-state index is -4.46. The number of halogens is 4. The molecule has 2 rings (SSSR count). The van der Waals surface area contributed by atoms with Gasteiger partial charge in [-0.1, -0.05) is 11.6 Å². The third-order valence-electron chi connectivity index (χ3n) is 3.69. The fourth-order valence-electron chi connectivity index (χ4n) is 2.46. The average molecular weight is 352 g/mol. The predicted octanol–water partition coefficient (Wildman–Crippen LogP) is 2.74. The summed E-state index contributed by atoms with van der Waals surface area (Å²) in [7, 11) is 0. The molecule has 0 spiro atoms. The maximum Gasteiger partial charge on any atom is 0.417 e. The maximum absolute atomic E-state index is 12.6. The van der Waals surface area contributed by atoms with Gasteiger partial charge in [0.1, 0.15) is 5.82 Å². The van der Waals surface area contributed by atoms with Gasteiger partial charge in [0.15, 0.2) is 0 Å². The van der Waals surface area contributed by atoms with Gasteiger partial charge in [-0.2, -0.15) is 13.2 Å². The fourth-order valence-corrected chi connectivity index (χ4v) is 2.74. The van der Waals surface area contributed by atoms with Crippen LogP contribution in [-0.4, -0.2) is 53.7 Å². The summed E-state index contributed by atoms with van der Waals surface area (Å²) in [5.74, 6) is -0.464. The first-order valence-electron chi connectivity index (χ1n) is 7.19. The molecule has 0 bridgehead atoms. The molecule has 0 radical (unpaired) electrons. The van der Waals surface area contributed by atoms with E-state index in [-0.39, 0.29) is 11.4 Å². The van der Waals surface area contributed by atoms with Crippen LogP contribution < -0.4 is 4.90 Å². The molecule has 0 atom stereocenters. The van der Waals surface area contributed by atoms with Crippen molar-refractivity contribution in [3.05, 3.63) is 22.8 Å². The molecule has 0 amide bonds. The molecule has 9 heteroatoms. The van der Waals surface area contributed by atoms with Crippen molar-refractivity contribution >= 4 is 23.4 Å². The van der Waals surface area contributed by atoms with Gasteiger partial charge in [-0.3, -0.25) is 9.69 Å². The predicted molar refractivity (Wildman–Crippen MR) is 79.8 cm³/mol. The van der Waals surface area contributed by atoms with Gasteiger partial charge in [0.25, 0.3) is 0 Å². The van der Waals surface area contributed by atoms with Crippen molar-refractivity contribution in [3.63, 3.8) is 0 Å². The summed E-state index contributed by atoms with van der Waals surface area (Å²) >= 11 is 5.94. The molecule has 0 saturated carbocycles. The number of rotatable bonds is 5. The van der Waals surface area contributed by atoms with Crippen LogP contribution in [0.5, 0.6) is 0 Å². The Kier molecular flexibility index (Phi) is 5.69. The van der Waals surface area contributed by atoms with Gasteiger partial charge in [-0.05, 0) is 19.0 Å². The summed E-state index contributed by atoms with van der Waals surface area (Å²) in [5.41, 5.74) is -0.862. The minimum absolute atomic E-state index is 0.0147. The molecule has 1 aliphatic heterocycles. The lowest BCUT2D eigenvalue weighted by Gasteiger charge is -2.35. The highest BCUT2D eigenvalue weighted by molar-refractivity contribution is 6.33. The van der Waals surface area contributed by atoms with Gasteiger partial charge >= 0.3 is 12.1 Å². The van der Waals surface area contributed by atoms with Gasteiger partial charge in [0.05, 0.1) is 10.6 Å². The van der Waals surface area contributed by atoms with Crippen LogP contribution in [0, 0.1) is 0 Å². The molecule has 0 aromatic carbocycles. The SMILES string of the molecule is O=C(O)CCCN1CCN(c2ncc(C(F)(F)F)cc2Cl)CC1. The number of carboxylic acid groups (broad SMARTS) is 1. The third kappa shape index (κ3) is 4.97. The second-order valence-electron chi connectivity index (χ2n) is 5.35. The standard InChI is InChI=1S/C14H17ClF3N3O2/c15-11-8-10(14(16,17)18)9-19-13(11)21-6-4-20(5-7-21)3-1-2-12(22)23/h8-9H,1-7H2,(H,22,23). The zero-order chi connectivity index (χ0) is 17.0. The van der Waals surface area contributed by atoms with Gasteiger partial charge in [-0.15, -0.1) is 0 Å². The minimum Gasteiger partial charge on any atom is -0.481 e. The Labute approximate surface area is 136 Å². The number of carboxylic acids is 1. The highest BCUT2D eigenvalue weighted by Gasteiger charge is 2.32. The Morgan fingerprint density at radius 1 is 1.30 bits per heavy atom. The number of nitrogens with zero attached hydrogens (tertiary/aromatic N) is 3. The lowest BCUT2D eigenvalue weighted by molar-refractivity contribution is -0.138. The van der Waals surface area contributed by atoms with Crippen LogP contribution in [-0.2, 0) is 11.0 Å². The van der Waals surface area contributed by atoms with E-state index < -0.39 is 17.7 Å². The zero-order valence-electron chi connectivity index (χ0n) is 12.3. The number of piperazine rings is 1. The van der Waals surface area contributed by atoms with E-state index in [1.54, 1.807) is 0 Å². The number of alkyl halides is 3. The molecule has 0 unspecified atom stereocenters. The van der Waals surface area contributed by atoms with E-state index in [0.717, 1.165) is 12.3 Å². The van der Waals surface area contributed by atoms with Crippen molar-refractivity contribution in [2.24, 2.45) is 0 Å². The molecule has 1 fully saturated rings. The Morgan fingerprint density at radius 3 is 2.48 bits per heavy atom. The molecule has 1 aromatic heterocycles. The van der Waals surface area contributed by atoms with Crippen LogP contribution in [0.1, 0.15) is 18.4 Å². The summed E-state index contributed by atoms with van der Waals surface area (Å²) in [6.07, 6.45) is -2.96. The zero-order valence-corrected chi connectivity index (χ0v) is 13.1. The highest BCUT2D eigenvalue weighted by Crippen LogP contribution is 2.33. The summed E-state index contributed by atoms with van der Waals surface area (Å²) in [5, 5.41) is 8.60. The van der Waals surface area contributed by atoms with Crippen LogP contribution >= 0.6 is 11.6 Å². The number of hydrogen-bond acceptors (Lipinski definition) is 4. The van der Waals surface area contributed by atoms with Crippen molar-refractivity contribution in [2.45, 2.75) is 19.0 Å². The molecule has 128 valence electrons. The second kappa shape index (κ2) is 7.35. The van der Waals surface area contributed by atoms with E-state index in [1.165, 1.54) is 0 Å². The molecule has 0 aliphatic carbocycles. The molecule has 2 heterocycles. The van der Waals surface area contributed by atoms with E-state index in [1.807, 2.05) is 4.90 Å². The van der Waals surface area contributed by atoms with Crippen LogP contribution in [0.4, 0.5) is 19.0 Å². The fraction of sp³-hybridized carbons (Fsp3) is 0.571. The maximum atomic E-state index is 12.6. The molecular weight excluding hydrogens is 335 g/mol. The van der Waals surface area contributed by atoms with Crippen molar-refractivity contribution in [3.8, 4) is 0 Å². The van der Waals surface area contributed by atoms with Crippen molar-refractivity contribution in [1.82, 2.24) is 9.88 Å². The second-order valence-corrected chi connectivity index (χ2v) is 5.76. The number of aromatic nitrogens is 1. The Balaban J connectivity index is 1.91. The highest BCUT2D eigenvalue weighted by atomic mass is 35.5. The number of aliphatic carboxylic acids is 1. The van der Waals surface area contributed by atoms with Gasteiger partial charge < -0.3 is 10.0 Å². The molecular formula is C14H17ClF3N3O2. The Hall–Kier alpha value is -1.54. The smallest absolute Gasteiger partial charge is 0.417 e. The number of anilines is 1. The molecule has 1 saturated heterocycles. The van der Waals surface area contributed by atoms with Crippen molar-refractivity contribution in [1.29, 1.82) is 0 Å². The molecule has 1 N–H and O–H groups in total. The van der Waals surface area contributed by atoms with Gasteiger partial charge in [-0.25, -0.2) is 4.98 Å². The monoisotopic (exact) mass is 351 g/mol. The first-order valence-corrected chi connectivity index (χ1v) is 7.57. The van der Waals surface area contributed by atoms with Gasteiger partial charge in [0, 0.05) is 38.8 Å². The topological polar surface area (TPSA) is 56.7 Å². The Morgan fingerprint density at radius 2 is 1.96 bits per heavy atom. The van der Waals surface area contributed by atoms with E-state index in [0.29, 0.717) is 45.0 Å². The summed E-state index contributed by atoms with van der Waals surface area (Å²) < 4.78 is 37.8. The van der Waals surface area contributed by atoms with Crippen LogP contribution in [0.2, 0.25) is 5.02 Å². The first kappa shape index (κ1) is 17.8. The molecule has 23 heavy (non-hydrogen) atoms. The largest absolute Gasteiger partial charge is 0.481 e. The number of pyridine rings is 1. The van der Waals surface area contributed by atoms with Crippen molar-refractivity contribution < 1.29 is 23.1 Å². The van der Waals surface area contributed by atoms with Crippen LogP contribution in [0.25, 0.3) is 0 Å². The van der Waals surface area contributed by atoms with Gasteiger partial charge in [0.2, 0.25) is 0 Å². The quantitative estimate of drug-likeness (QED) is 0.884. The first-order chi connectivity index (χ1) is 10.8. The lowest BCUT2D eigenvalue weighted by Crippen LogP contribution is -2.47. The average Bonchev–Trinajstić information content (AvgIpc) is 2.47. The summed E-state index contributed by atoms with van der Waals surface area (Å²) in [6, 6.07) is 0.892. The lowest BCUT2D eigenvalue weighted by atomic mass is 10.2. The Bertz CT molecular complexity index is 561. The summed E-state index contributed by atoms with van der Waals surface area (Å²) in [6.45, 7) is 3.25. The summed E-state index contributed by atoms with van der Waals surface area (Å²) in [4.78, 5) is 18.3. The van der Waals surface area contributed by atoms with E-state index >= 15 is 0 Å². The number of carbonyl (C=O) groups is 1. The van der Waals surface area contributed by atoms with Crippen LogP contribution in [0.3, 0.4) is 0 Å². The van der Waals surface area contributed by atoms with E-state index in [2.05, 4.69) is 9.88 Å². The third-order valence-corrected chi connectivity index (χ3v) is 3.96. The molecule has 1 aromatic rings. The van der Waals surface area contributed by atoms with E-state index in [4.69, 9.17) is 16.7 Å². The molecule has 1 aliphatic rings. The normalized spacial score (nSPS) is 16.6. The molecule has 5 nitrogen and oxygen atoms in total. The number of hydrogen-bond donors (Lipinski definition) is 1. The van der Waals surface area contributed by atoms with Crippen molar-refractivity contribution in [2.75, 3.05) is 37.6 Å². The van der Waals surface area contributed by atoms with Crippen LogP contribution in [0.15, 0.2) is 12.3 Å².